The molecule has 5 unspecified atom stereocenters. The molecule has 0 spiro atoms. The van der Waals surface area contributed by atoms with Crippen LogP contribution in [0, 0.1) is 29.6 Å². The molecule has 0 heteroatoms. The molecule has 0 aromatic rings. The van der Waals surface area contributed by atoms with Gasteiger partial charge in [-0.05, 0) is 48.9 Å². The largest absolute Gasteiger partial charge is 0.0622 e. The van der Waals surface area contributed by atoms with Crippen molar-refractivity contribution in [1.82, 2.24) is 0 Å². The second-order valence-electron chi connectivity index (χ2n) is 4.37. The molecule has 5 atom stereocenters. The SMILES string of the molecule is CC1CC2CCC3C1C23. The average molecular weight is 122 g/mol. The fourth-order valence-corrected chi connectivity index (χ4v) is 3.79. The van der Waals surface area contributed by atoms with E-state index in [9.17, 15) is 0 Å². The van der Waals surface area contributed by atoms with Crippen molar-refractivity contribution in [3.8, 4) is 0 Å². The highest BCUT2D eigenvalue weighted by atomic mass is 14.7. The van der Waals surface area contributed by atoms with Crippen LogP contribution < -0.4 is 0 Å². The van der Waals surface area contributed by atoms with Crippen molar-refractivity contribution in [2.45, 2.75) is 26.2 Å². The normalized spacial score (nSPS) is 68.3. The van der Waals surface area contributed by atoms with Gasteiger partial charge in [0.2, 0.25) is 0 Å². The van der Waals surface area contributed by atoms with E-state index in [4.69, 9.17) is 0 Å². The van der Waals surface area contributed by atoms with E-state index in [1.807, 2.05) is 0 Å². The Morgan fingerprint density at radius 1 is 1.11 bits per heavy atom. The summed E-state index contributed by atoms with van der Waals surface area (Å²) < 4.78 is 0. The monoisotopic (exact) mass is 122 g/mol. The lowest BCUT2D eigenvalue weighted by Gasteiger charge is -2.04. The molecular formula is C9H14. The van der Waals surface area contributed by atoms with Crippen LogP contribution in [-0.2, 0) is 0 Å². The van der Waals surface area contributed by atoms with Gasteiger partial charge in [-0.2, -0.15) is 0 Å². The first-order valence-corrected chi connectivity index (χ1v) is 4.38. The zero-order valence-corrected chi connectivity index (χ0v) is 6.01. The third kappa shape index (κ3) is 0.395. The first-order valence-electron chi connectivity index (χ1n) is 4.38. The van der Waals surface area contributed by atoms with Gasteiger partial charge in [0.1, 0.15) is 0 Å². The van der Waals surface area contributed by atoms with E-state index < -0.39 is 0 Å². The first-order chi connectivity index (χ1) is 4.38. The van der Waals surface area contributed by atoms with Crippen LogP contribution in [0.2, 0.25) is 0 Å². The summed E-state index contributed by atoms with van der Waals surface area (Å²) in [6.45, 7) is 2.46. The number of rotatable bonds is 0. The zero-order valence-electron chi connectivity index (χ0n) is 6.01. The Bertz CT molecular complexity index is 140. The number of fused-ring (bicyclic) bond motifs is 1. The molecule has 3 saturated carbocycles. The Labute approximate surface area is 56.6 Å². The minimum Gasteiger partial charge on any atom is -0.0622 e. The van der Waals surface area contributed by atoms with Crippen molar-refractivity contribution in [3.05, 3.63) is 0 Å². The number of hydrogen-bond donors (Lipinski definition) is 0. The highest BCUT2D eigenvalue weighted by Crippen LogP contribution is 2.70. The molecule has 0 aliphatic heterocycles. The molecule has 3 rings (SSSR count). The molecule has 0 aromatic carbocycles. The molecule has 0 bridgehead atoms. The standard InChI is InChI=1S/C9H14/c1-5-4-6-2-3-7-8(5)9(6)7/h5-9H,2-4H2,1H3. The van der Waals surface area contributed by atoms with Crippen LogP contribution in [0.15, 0.2) is 0 Å². The summed E-state index contributed by atoms with van der Waals surface area (Å²) in [5, 5.41) is 0. The van der Waals surface area contributed by atoms with Crippen LogP contribution in [0.25, 0.3) is 0 Å². The van der Waals surface area contributed by atoms with Crippen molar-refractivity contribution >= 4 is 0 Å². The molecule has 0 saturated heterocycles. The van der Waals surface area contributed by atoms with Crippen molar-refractivity contribution in [2.24, 2.45) is 29.6 Å². The number of hydrogen-bond acceptors (Lipinski definition) is 0. The molecule has 3 fully saturated rings. The maximum absolute atomic E-state index is 2.46. The smallest absolute Gasteiger partial charge is 0.0321 e. The molecule has 50 valence electrons. The summed E-state index contributed by atoms with van der Waals surface area (Å²) in [7, 11) is 0. The van der Waals surface area contributed by atoms with E-state index in [-0.39, 0.29) is 0 Å². The summed E-state index contributed by atoms with van der Waals surface area (Å²) in [4.78, 5) is 0. The van der Waals surface area contributed by atoms with E-state index in [1.165, 1.54) is 23.7 Å². The Balaban J connectivity index is 1.97. The van der Waals surface area contributed by atoms with Crippen LogP contribution in [0.3, 0.4) is 0 Å². The minimum absolute atomic E-state index is 1.10. The quantitative estimate of drug-likeness (QED) is 0.462. The van der Waals surface area contributed by atoms with Gasteiger partial charge in [-0.25, -0.2) is 0 Å². The fraction of sp³-hybridized carbons (Fsp3) is 1.00. The lowest BCUT2D eigenvalue weighted by atomic mass is 10.0. The van der Waals surface area contributed by atoms with Crippen LogP contribution in [0.1, 0.15) is 26.2 Å². The van der Waals surface area contributed by atoms with Crippen LogP contribution in [0.4, 0.5) is 0 Å². The van der Waals surface area contributed by atoms with Crippen molar-refractivity contribution in [1.29, 1.82) is 0 Å². The molecule has 0 nitrogen and oxygen atoms in total. The highest BCUT2D eigenvalue weighted by molar-refractivity contribution is 5.12. The molecular weight excluding hydrogens is 108 g/mol. The first kappa shape index (κ1) is 4.76. The second kappa shape index (κ2) is 1.21. The molecule has 0 aromatic heterocycles. The highest BCUT2D eigenvalue weighted by Gasteiger charge is 2.63. The molecule has 9 heavy (non-hydrogen) atoms. The third-order valence-electron chi connectivity index (χ3n) is 4.04. The van der Waals surface area contributed by atoms with E-state index in [0.717, 1.165) is 5.92 Å². The summed E-state index contributed by atoms with van der Waals surface area (Å²) in [5.41, 5.74) is 0. The zero-order chi connectivity index (χ0) is 6.01. The van der Waals surface area contributed by atoms with Gasteiger partial charge in [0.25, 0.3) is 0 Å². The summed E-state index contributed by atoms with van der Waals surface area (Å²) >= 11 is 0. The molecule has 3 aliphatic carbocycles. The van der Waals surface area contributed by atoms with E-state index in [0.29, 0.717) is 0 Å². The van der Waals surface area contributed by atoms with Gasteiger partial charge < -0.3 is 0 Å². The molecule has 0 radical (unpaired) electrons. The predicted molar refractivity (Wildman–Crippen MR) is 37.0 cm³/mol. The molecule has 0 amide bonds. The van der Waals surface area contributed by atoms with E-state index in [1.54, 1.807) is 19.3 Å². The van der Waals surface area contributed by atoms with Gasteiger partial charge in [0.05, 0.1) is 0 Å². The Hall–Kier alpha value is 0. The van der Waals surface area contributed by atoms with Gasteiger partial charge >= 0.3 is 0 Å². The van der Waals surface area contributed by atoms with Crippen molar-refractivity contribution in [3.63, 3.8) is 0 Å². The third-order valence-corrected chi connectivity index (χ3v) is 4.04. The fourth-order valence-electron chi connectivity index (χ4n) is 3.79. The van der Waals surface area contributed by atoms with Crippen LogP contribution in [0.5, 0.6) is 0 Å². The van der Waals surface area contributed by atoms with E-state index >= 15 is 0 Å². The van der Waals surface area contributed by atoms with Crippen molar-refractivity contribution < 1.29 is 0 Å². The molecule has 0 heterocycles. The summed E-state index contributed by atoms with van der Waals surface area (Å²) in [6, 6.07) is 0. The summed E-state index contributed by atoms with van der Waals surface area (Å²) in [6.07, 6.45) is 4.74. The Kier molecular flexibility index (Phi) is 0.640. The molecule has 3 aliphatic rings. The Morgan fingerprint density at radius 2 is 2.00 bits per heavy atom. The maximum atomic E-state index is 2.46. The van der Waals surface area contributed by atoms with Gasteiger partial charge in [-0.3, -0.25) is 0 Å². The summed E-state index contributed by atoms with van der Waals surface area (Å²) in [5.74, 6) is 5.96. The average Bonchev–Trinajstić information content (AvgIpc) is 2.34. The second-order valence-corrected chi connectivity index (χ2v) is 4.37. The lowest BCUT2D eigenvalue weighted by Crippen LogP contribution is -1.95. The van der Waals surface area contributed by atoms with Gasteiger partial charge in [0, 0.05) is 0 Å². The van der Waals surface area contributed by atoms with Crippen LogP contribution in [-0.4, -0.2) is 0 Å². The van der Waals surface area contributed by atoms with E-state index in [2.05, 4.69) is 6.92 Å². The van der Waals surface area contributed by atoms with Crippen molar-refractivity contribution in [2.75, 3.05) is 0 Å². The van der Waals surface area contributed by atoms with Gasteiger partial charge in [-0.1, -0.05) is 6.92 Å². The lowest BCUT2D eigenvalue weighted by molar-refractivity contribution is 0.458. The maximum Gasteiger partial charge on any atom is -0.0321 e. The predicted octanol–water partition coefficient (Wildman–Crippen LogP) is 2.30. The Morgan fingerprint density at radius 3 is 2.56 bits per heavy atom. The molecule has 0 N–H and O–H groups in total. The van der Waals surface area contributed by atoms with Gasteiger partial charge in [0.15, 0.2) is 0 Å². The minimum atomic E-state index is 1.10. The van der Waals surface area contributed by atoms with Crippen LogP contribution >= 0.6 is 0 Å². The van der Waals surface area contributed by atoms with Gasteiger partial charge in [-0.15, -0.1) is 0 Å². The topological polar surface area (TPSA) is 0 Å².